The van der Waals surface area contributed by atoms with Gasteiger partial charge in [-0.25, -0.2) is 4.98 Å². The number of aromatic nitrogens is 1. The van der Waals surface area contributed by atoms with Crippen LogP contribution in [0.2, 0.25) is 0 Å². The van der Waals surface area contributed by atoms with Gasteiger partial charge in [0.15, 0.2) is 23.5 Å². The van der Waals surface area contributed by atoms with Crippen molar-refractivity contribution in [3.63, 3.8) is 0 Å². The minimum absolute atomic E-state index is 0.00421. The van der Waals surface area contributed by atoms with Gasteiger partial charge < -0.3 is 19.7 Å². The first-order chi connectivity index (χ1) is 16.6. The van der Waals surface area contributed by atoms with E-state index in [2.05, 4.69) is 27.8 Å². The van der Waals surface area contributed by atoms with Gasteiger partial charge in [-0.05, 0) is 77.7 Å². The van der Waals surface area contributed by atoms with Crippen LogP contribution in [-0.4, -0.2) is 51.2 Å². The van der Waals surface area contributed by atoms with E-state index in [4.69, 9.17) is 9.47 Å². The average molecular weight is 544 g/mol. The van der Waals surface area contributed by atoms with Crippen molar-refractivity contribution < 1.29 is 29.3 Å². The number of aliphatic hydroxyl groups excluding tert-OH is 2. The number of carbonyl (C=O) groups is 2. The van der Waals surface area contributed by atoms with Crippen LogP contribution in [0.25, 0.3) is 0 Å². The van der Waals surface area contributed by atoms with Crippen LogP contribution in [0, 0.1) is 28.6 Å². The summed E-state index contributed by atoms with van der Waals surface area (Å²) in [7, 11) is 0. The Morgan fingerprint density at radius 1 is 1.34 bits per heavy atom. The summed E-state index contributed by atoms with van der Waals surface area (Å²) in [5, 5.41) is 21.7. The molecule has 6 rings (SSSR count). The molecule has 3 saturated carbocycles. The number of pyridine rings is 1. The molecule has 9 atom stereocenters. The molecular weight excluding hydrogens is 514 g/mol. The highest BCUT2D eigenvalue weighted by atomic mass is 79.9. The molecule has 186 valence electrons. The molecule has 0 bridgehead atoms. The van der Waals surface area contributed by atoms with Crippen LogP contribution >= 0.6 is 15.9 Å². The second-order valence-electron chi connectivity index (χ2n) is 11.3. The number of rotatable bonds is 3. The summed E-state index contributed by atoms with van der Waals surface area (Å²) in [4.78, 5) is 29.7. The molecule has 1 saturated heterocycles. The highest BCUT2D eigenvalue weighted by molar-refractivity contribution is 9.10. The molecule has 5 aliphatic rings. The summed E-state index contributed by atoms with van der Waals surface area (Å²) in [6, 6.07) is 3.60. The standard InChI is InChI=1S/C27H30BrNO6/c1-25-7-5-16(31)10-15(25)3-4-17-18-11-21-27(20(33)13-30,26(18,2)12-19(32)23(17)25)35-24(34-21)14-6-8-29-22(28)9-14/h5-10,17-19,21,23-24,30,32H,3-4,11-13H2,1-2H3/t17-,18-,19-,21+,23+,24?,25-,26-,27+/m0/s1. The van der Waals surface area contributed by atoms with Gasteiger partial charge in [-0.2, -0.15) is 0 Å². The van der Waals surface area contributed by atoms with Crippen LogP contribution < -0.4 is 0 Å². The maximum absolute atomic E-state index is 13.5. The fourth-order valence-corrected chi connectivity index (χ4v) is 8.78. The lowest BCUT2D eigenvalue weighted by atomic mass is 9.46. The van der Waals surface area contributed by atoms with E-state index in [0.29, 0.717) is 17.4 Å². The summed E-state index contributed by atoms with van der Waals surface area (Å²) < 4.78 is 13.6. The summed E-state index contributed by atoms with van der Waals surface area (Å²) in [6.07, 6.45) is 7.62. The van der Waals surface area contributed by atoms with E-state index in [1.807, 2.05) is 13.0 Å². The van der Waals surface area contributed by atoms with Gasteiger partial charge in [0.25, 0.3) is 0 Å². The van der Waals surface area contributed by atoms with Crippen molar-refractivity contribution >= 4 is 27.5 Å². The summed E-state index contributed by atoms with van der Waals surface area (Å²) in [5.74, 6) is -0.231. The van der Waals surface area contributed by atoms with Crippen molar-refractivity contribution in [1.29, 1.82) is 0 Å². The molecule has 2 heterocycles. The number of hydrogen-bond acceptors (Lipinski definition) is 7. The van der Waals surface area contributed by atoms with Crippen molar-refractivity contribution in [2.75, 3.05) is 6.61 Å². The van der Waals surface area contributed by atoms with E-state index in [1.54, 1.807) is 30.5 Å². The van der Waals surface area contributed by atoms with E-state index in [-0.39, 0.29) is 29.3 Å². The summed E-state index contributed by atoms with van der Waals surface area (Å²) in [5.41, 5.74) is -0.601. The number of ketones is 2. The normalized spacial score (nSPS) is 45.9. The van der Waals surface area contributed by atoms with Crippen molar-refractivity contribution in [1.82, 2.24) is 4.98 Å². The largest absolute Gasteiger partial charge is 0.393 e. The lowest BCUT2D eigenvalue weighted by molar-refractivity contribution is -0.201. The molecule has 0 radical (unpaired) electrons. The van der Waals surface area contributed by atoms with Crippen LogP contribution in [0.1, 0.15) is 51.4 Å². The molecule has 1 unspecified atom stereocenters. The molecular formula is C27H30BrNO6. The molecule has 35 heavy (non-hydrogen) atoms. The second kappa shape index (κ2) is 7.89. The van der Waals surface area contributed by atoms with Gasteiger partial charge in [0.05, 0.1) is 12.2 Å². The van der Waals surface area contributed by atoms with E-state index in [9.17, 15) is 19.8 Å². The topological polar surface area (TPSA) is 106 Å². The Balaban J connectivity index is 1.40. The number of ether oxygens (including phenoxy) is 2. The van der Waals surface area contributed by atoms with Gasteiger partial charge in [-0.1, -0.05) is 25.5 Å². The minimum Gasteiger partial charge on any atom is -0.393 e. The molecule has 0 amide bonds. The Kier molecular flexibility index (Phi) is 5.34. The first-order valence-corrected chi connectivity index (χ1v) is 13.1. The molecule has 0 spiro atoms. The Labute approximate surface area is 212 Å². The third-order valence-electron chi connectivity index (χ3n) is 9.82. The zero-order chi connectivity index (χ0) is 24.8. The first kappa shape index (κ1) is 23.7. The van der Waals surface area contributed by atoms with Crippen molar-refractivity contribution in [2.24, 2.45) is 28.6 Å². The number of aliphatic hydroxyl groups is 2. The predicted octanol–water partition coefficient (Wildman–Crippen LogP) is 3.45. The van der Waals surface area contributed by atoms with Gasteiger partial charge in [0.1, 0.15) is 11.2 Å². The van der Waals surface area contributed by atoms with E-state index < -0.39 is 41.5 Å². The van der Waals surface area contributed by atoms with E-state index >= 15 is 0 Å². The highest BCUT2D eigenvalue weighted by Gasteiger charge is 2.75. The molecule has 8 heteroatoms. The zero-order valence-electron chi connectivity index (χ0n) is 19.8. The smallest absolute Gasteiger partial charge is 0.193 e. The Morgan fingerprint density at radius 2 is 2.14 bits per heavy atom. The first-order valence-electron chi connectivity index (χ1n) is 12.4. The van der Waals surface area contributed by atoms with Crippen LogP contribution in [0.15, 0.2) is 46.7 Å². The minimum atomic E-state index is -1.34. The quantitative estimate of drug-likeness (QED) is 0.562. The number of halogens is 1. The maximum atomic E-state index is 13.5. The van der Waals surface area contributed by atoms with Crippen LogP contribution in [0.4, 0.5) is 0 Å². The van der Waals surface area contributed by atoms with Gasteiger partial charge >= 0.3 is 0 Å². The number of Topliss-reactive ketones (excluding diaryl/α,β-unsaturated/α-hetero) is 1. The van der Waals surface area contributed by atoms with Gasteiger partial charge in [0.2, 0.25) is 0 Å². The molecule has 1 aromatic heterocycles. The molecule has 2 N–H and O–H groups in total. The van der Waals surface area contributed by atoms with Gasteiger partial charge in [0, 0.05) is 28.5 Å². The number of nitrogens with zero attached hydrogens (tertiary/aromatic N) is 1. The Hall–Kier alpha value is -1.71. The highest BCUT2D eigenvalue weighted by Crippen LogP contribution is 2.70. The molecule has 1 aromatic rings. The van der Waals surface area contributed by atoms with Crippen LogP contribution in [0.5, 0.6) is 0 Å². The van der Waals surface area contributed by atoms with Crippen molar-refractivity contribution in [3.8, 4) is 0 Å². The average Bonchev–Trinajstić information content (AvgIpc) is 3.32. The fraction of sp³-hybridized carbons (Fsp3) is 0.593. The monoisotopic (exact) mass is 543 g/mol. The molecule has 0 aromatic carbocycles. The van der Waals surface area contributed by atoms with E-state index in [0.717, 1.165) is 24.0 Å². The lowest BCUT2D eigenvalue weighted by Gasteiger charge is -2.59. The molecule has 7 nitrogen and oxygen atoms in total. The van der Waals surface area contributed by atoms with Gasteiger partial charge in [-0.3, -0.25) is 9.59 Å². The third-order valence-corrected chi connectivity index (χ3v) is 10.3. The molecule has 4 fully saturated rings. The van der Waals surface area contributed by atoms with Crippen molar-refractivity contribution in [3.05, 3.63) is 52.3 Å². The maximum Gasteiger partial charge on any atom is 0.193 e. The van der Waals surface area contributed by atoms with Crippen LogP contribution in [-0.2, 0) is 19.1 Å². The number of allylic oxidation sites excluding steroid dienone is 4. The predicted molar refractivity (Wildman–Crippen MR) is 129 cm³/mol. The van der Waals surface area contributed by atoms with E-state index in [1.165, 1.54) is 0 Å². The number of carbonyl (C=O) groups excluding carboxylic acids is 2. The Bertz CT molecular complexity index is 1170. The number of hydrogen-bond donors (Lipinski definition) is 2. The zero-order valence-corrected chi connectivity index (χ0v) is 21.4. The SMILES string of the molecule is C[C@]12C=CC(=O)C=C1CC[C@@H]1[C@@H]2[C@@H](O)C[C@@]2(C)[C@H]1C[C@H]1OC(c3ccnc(Br)c3)O[C@]12C(=O)CO. The number of fused-ring (bicyclic) bond motifs is 7. The lowest BCUT2D eigenvalue weighted by Crippen LogP contribution is -2.63. The second-order valence-corrected chi connectivity index (χ2v) is 12.1. The molecule has 1 aliphatic heterocycles. The van der Waals surface area contributed by atoms with Crippen molar-refractivity contribution in [2.45, 2.75) is 63.6 Å². The molecule has 4 aliphatic carbocycles. The Morgan fingerprint density at radius 3 is 2.89 bits per heavy atom. The van der Waals surface area contributed by atoms with Crippen LogP contribution in [0.3, 0.4) is 0 Å². The summed E-state index contributed by atoms with van der Waals surface area (Å²) in [6.45, 7) is 3.51. The van der Waals surface area contributed by atoms with Gasteiger partial charge in [-0.15, -0.1) is 0 Å². The third kappa shape index (κ3) is 3.07. The summed E-state index contributed by atoms with van der Waals surface area (Å²) >= 11 is 3.38. The fourth-order valence-electron chi connectivity index (χ4n) is 8.40.